The van der Waals surface area contributed by atoms with Gasteiger partial charge in [-0.2, -0.15) is 13.2 Å². The molecule has 0 N–H and O–H groups in total. The number of aldehydes is 1. The van der Waals surface area contributed by atoms with Crippen molar-refractivity contribution in [1.82, 2.24) is 0 Å². The van der Waals surface area contributed by atoms with Crippen molar-refractivity contribution in [3.05, 3.63) is 35.4 Å². The summed E-state index contributed by atoms with van der Waals surface area (Å²) in [5.41, 5.74) is -0.951. The van der Waals surface area contributed by atoms with Crippen molar-refractivity contribution in [2.45, 2.75) is 12.1 Å². The lowest BCUT2D eigenvalue weighted by Crippen LogP contribution is -2.16. The molecule has 0 heterocycles. The molecule has 0 radical (unpaired) electrons. The normalized spacial score (nSPS) is 12.9. The number of carbonyl (C=O) groups is 2. The molecule has 0 spiro atoms. The number of benzene rings is 1. The van der Waals surface area contributed by atoms with E-state index in [0.717, 1.165) is 25.3 Å². The molecule has 0 saturated heterocycles. The Morgan fingerprint density at radius 2 is 2.06 bits per heavy atom. The van der Waals surface area contributed by atoms with Crippen LogP contribution in [0.1, 0.15) is 17.0 Å². The van der Waals surface area contributed by atoms with Gasteiger partial charge in [0.2, 0.25) is 0 Å². The molecule has 92 valence electrons. The van der Waals surface area contributed by atoms with Crippen molar-refractivity contribution in [2.75, 3.05) is 7.11 Å². The Morgan fingerprint density at radius 3 is 2.53 bits per heavy atom. The van der Waals surface area contributed by atoms with Crippen LogP contribution in [0.2, 0.25) is 0 Å². The summed E-state index contributed by atoms with van der Waals surface area (Å²) >= 11 is 0. The molecular weight excluding hydrogens is 237 g/mol. The number of alkyl halides is 3. The van der Waals surface area contributed by atoms with Crippen LogP contribution in [0, 0.1) is 0 Å². The number of esters is 1. The molecule has 1 atom stereocenters. The summed E-state index contributed by atoms with van der Waals surface area (Å²) in [4.78, 5) is 21.9. The van der Waals surface area contributed by atoms with Crippen molar-refractivity contribution in [3.8, 4) is 0 Å². The van der Waals surface area contributed by atoms with Crippen LogP contribution < -0.4 is 0 Å². The number of halogens is 3. The van der Waals surface area contributed by atoms with Gasteiger partial charge in [-0.15, -0.1) is 0 Å². The zero-order valence-corrected chi connectivity index (χ0v) is 8.82. The molecule has 17 heavy (non-hydrogen) atoms. The molecule has 0 saturated carbocycles. The van der Waals surface area contributed by atoms with E-state index >= 15 is 0 Å². The first-order valence-corrected chi connectivity index (χ1v) is 4.60. The molecular formula is C11H9F3O3. The quantitative estimate of drug-likeness (QED) is 0.466. The number of rotatable bonds is 3. The highest BCUT2D eigenvalue weighted by Gasteiger charge is 2.31. The zero-order chi connectivity index (χ0) is 13.1. The van der Waals surface area contributed by atoms with Crippen LogP contribution in [0.3, 0.4) is 0 Å². The minimum atomic E-state index is -4.51. The first-order chi connectivity index (χ1) is 7.90. The van der Waals surface area contributed by atoms with Gasteiger partial charge in [-0.05, 0) is 11.6 Å². The van der Waals surface area contributed by atoms with E-state index in [1.54, 1.807) is 0 Å². The van der Waals surface area contributed by atoms with Crippen LogP contribution in [0.25, 0.3) is 0 Å². The fraction of sp³-hybridized carbons (Fsp3) is 0.273. The molecule has 0 bridgehead atoms. The minimum Gasteiger partial charge on any atom is -0.468 e. The van der Waals surface area contributed by atoms with Gasteiger partial charge in [-0.3, -0.25) is 4.79 Å². The second-order valence-corrected chi connectivity index (χ2v) is 3.26. The van der Waals surface area contributed by atoms with Gasteiger partial charge < -0.3 is 9.53 Å². The fourth-order valence-corrected chi connectivity index (χ4v) is 1.31. The third-order valence-electron chi connectivity index (χ3n) is 2.16. The molecule has 3 nitrogen and oxygen atoms in total. The summed E-state index contributed by atoms with van der Waals surface area (Å²) in [5, 5.41) is 0. The van der Waals surface area contributed by atoms with Gasteiger partial charge in [0, 0.05) is 0 Å². The fourth-order valence-electron chi connectivity index (χ4n) is 1.31. The highest BCUT2D eigenvalue weighted by atomic mass is 19.4. The van der Waals surface area contributed by atoms with Gasteiger partial charge in [-0.25, -0.2) is 0 Å². The molecule has 6 heteroatoms. The average Bonchev–Trinajstić information content (AvgIpc) is 2.29. The van der Waals surface area contributed by atoms with Crippen LogP contribution in [-0.2, 0) is 20.5 Å². The van der Waals surface area contributed by atoms with E-state index in [0.29, 0.717) is 0 Å². The second kappa shape index (κ2) is 4.99. The third kappa shape index (κ3) is 3.05. The van der Waals surface area contributed by atoms with Gasteiger partial charge in [0.1, 0.15) is 12.2 Å². The minimum absolute atomic E-state index is 0.0401. The lowest BCUT2D eigenvalue weighted by Gasteiger charge is -2.11. The van der Waals surface area contributed by atoms with E-state index in [1.165, 1.54) is 6.07 Å². The first kappa shape index (κ1) is 13.2. The smallest absolute Gasteiger partial charge is 0.416 e. The monoisotopic (exact) mass is 246 g/mol. The number of hydrogen-bond acceptors (Lipinski definition) is 3. The highest BCUT2D eigenvalue weighted by molar-refractivity contribution is 5.94. The topological polar surface area (TPSA) is 43.4 Å². The summed E-state index contributed by atoms with van der Waals surface area (Å²) in [6.07, 6.45) is -4.26. The van der Waals surface area contributed by atoms with Gasteiger partial charge in [0.25, 0.3) is 0 Å². The van der Waals surface area contributed by atoms with E-state index in [4.69, 9.17) is 0 Å². The number of hydrogen-bond donors (Lipinski definition) is 0. The van der Waals surface area contributed by atoms with E-state index in [9.17, 15) is 22.8 Å². The SMILES string of the molecule is COC(=O)C(C=O)c1cccc(C(F)(F)F)c1. The predicted molar refractivity (Wildman–Crippen MR) is 52.3 cm³/mol. The maximum absolute atomic E-state index is 12.4. The van der Waals surface area contributed by atoms with E-state index in [1.807, 2.05) is 0 Å². The van der Waals surface area contributed by atoms with Gasteiger partial charge in [-0.1, -0.05) is 18.2 Å². The lowest BCUT2D eigenvalue weighted by molar-refractivity contribution is -0.144. The van der Waals surface area contributed by atoms with Gasteiger partial charge in [0.15, 0.2) is 0 Å². The summed E-state index contributed by atoms with van der Waals surface area (Å²) in [7, 11) is 1.06. The van der Waals surface area contributed by atoms with E-state index in [2.05, 4.69) is 4.74 Å². The average molecular weight is 246 g/mol. The number of ether oxygens (including phenoxy) is 1. The van der Waals surface area contributed by atoms with Gasteiger partial charge in [0.05, 0.1) is 12.7 Å². The van der Waals surface area contributed by atoms with Crippen molar-refractivity contribution >= 4 is 12.3 Å². The number of methoxy groups -OCH3 is 1. The van der Waals surface area contributed by atoms with E-state index in [-0.39, 0.29) is 11.8 Å². The Hall–Kier alpha value is -1.85. The lowest BCUT2D eigenvalue weighted by atomic mass is 9.98. The Morgan fingerprint density at radius 1 is 1.41 bits per heavy atom. The Labute approximate surface area is 95.2 Å². The van der Waals surface area contributed by atoms with Crippen LogP contribution >= 0.6 is 0 Å². The Kier molecular flexibility index (Phi) is 3.88. The molecule has 0 aromatic heterocycles. The molecule has 1 aromatic rings. The van der Waals surface area contributed by atoms with Crippen LogP contribution in [0.15, 0.2) is 24.3 Å². The van der Waals surface area contributed by atoms with Crippen molar-refractivity contribution in [1.29, 1.82) is 0 Å². The first-order valence-electron chi connectivity index (χ1n) is 4.60. The largest absolute Gasteiger partial charge is 0.468 e. The predicted octanol–water partition coefficient (Wildman–Crippen LogP) is 2.16. The summed E-state index contributed by atoms with van der Waals surface area (Å²) in [6.45, 7) is 0. The molecule has 0 amide bonds. The van der Waals surface area contributed by atoms with Crippen molar-refractivity contribution in [3.63, 3.8) is 0 Å². The molecule has 1 unspecified atom stereocenters. The summed E-state index contributed by atoms with van der Waals surface area (Å²) in [6, 6.07) is 4.03. The van der Waals surface area contributed by atoms with Crippen LogP contribution in [0.4, 0.5) is 13.2 Å². The van der Waals surface area contributed by atoms with E-state index < -0.39 is 23.6 Å². The van der Waals surface area contributed by atoms with Gasteiger partial charge >= 0.3 is 12.1 Å². The molecule has 0 aliphatic rings. The van der Waals surface area contributed by atoms with Crippen LogP contribution in [0.5, 0.6) is 0 Å². The standard InChI is InChI=1S/C11H9F3O3/c1-17-10(16)9(6-15)7-3-2-4-8(5-7)11(12,13)14/h2-6,9H,1H3. The second-order valence-electron chi connectivity index (χ2n) is 3.26. The van der Waals surface area contributed by atoms with Crippen molar-refractivity contribution < 1.29 is 27.5 Å². The summed E-state index contributed by atoms with van der Waals surface area (Å²) < 4.78 is 41.6. The molecule has 1 aromatic carbocycles. The summed E-state index contributed by atoms with van der Waals surface area (Å²) in [5.74, 6) is -2.22. The number of carbonyl (C=O) groups excluding carboxylic acids is 2. The Bertz CT molecular complexity index is 426. The van der Waals surface area contributed by atoms with Crippen LogP contribution in [-0.4, -0.2) is 19.4 Å². The molecule has 0 aliphatic heterocycles. The molecule has 1 rings (SSSR count). The maximum atomic E-state index is 12.4. The zero-order valence-electron chi connectivity index (χ0n) is 8.82. The molecule has 0 fully saturated rings. The molecule has 0 aliphatic carbocycles. The van der Waals surface area contributed by atoms with Crippen molar-refractivity contribution in [2.24, 2.45) is 0 Å². The maximum Gasteiger partial charge on any atom is 0.416 e. The highest BCUT2D eigenvalue weighted by Crippen LogP contribution is 2.31. The Balaban J connectivity index is 3.14. The third-order valence-corrected chi connectivity index (χ3v) is 2.16.